The van der Waals surface area contributed by atoms with Gasteiger partial charge in [-0.3, -0.25) is 0 Å². The molecule has 0 aliphatic heterocycles. The second-order valence-corrected chi connectivity index (χ2v) is 3.09. The van der Waals surface area contributed by atoms with Crippen molar-refractivity contribution in [3.63, 3.8) is 0 Å². The van der Waals surface area contributed by atoms with Crippen molar-refractivity contribution in [3.05, 3.63) is 48.0 Å². The van der Waals surface area contributed by atoms with Gasteiger partial charge in [-0.2, -0.15) is 5.26 Å². The molecule has 15 heavy (non-hydrogen) atoms. The maximum absolute atomic E-state index is 8.80. The molecular weight excluding hydrogens is 188 g/mol. The molecule has 0 spiro atoms. The van der Waals surface area contributed by atoms with Crippen LogP contribution < -0.4 is 0 Å². The third-order valence-corrected chi connectivity index (χ3v) is 2.25. The second kappa shape index (κ2) is 3.81. The van der Waals surface area contributed by atoms with Crippen LogP contribution >= 0.6 is 0 Å². The lowest BCUT2D eigenvalue weighted by Gasteiger charge is -2.02. The lowest BCUT2D eigenvalue weighted by atomic mass is 10.0. The largest absolute Gasteiger partial charge is 0.410 e. The minimum absolute atomic E-state index is 0.0341. The van der Waals surface area contributed by atoms with E-state index >= 15 is 0 Å². The molecule has 0 unspecified atom stereocenters. The molecule has 0 bridgehead atoms. The van der Waals surface area contributed by atoms with Gasteiger partial charge in [0, 0.05) is 5.56 Å². The third-order valence-electron chi connectivity index (χ3n) is 2.25. The highest BCUT2D eigenvalue weighted by molar-refractivity contribution is 6.18. The van der Waals surface area contributed by atoms with Gasteiger partial charge in [0.1, 0.15) is 6.07 Å². The van der Waals surface area contributed by atoms with Crippen LogP contribution in [0, 0.1) is 11.3 Å². The summed E-state index contributed by atoms with van der Waals surface area (Å²) in [6.07, 6.45) is 0. The van der Waals surface area contributed by atoms with Gasteiger partial charge in [0.25, 0.3) is 0 Å². The summed E-state index contributed by atoms with van der Waals surface area (Å²) in [6, 6.07) is 15.1. The molecule has 0 amide bonds. The summed E-state index contributed by atoms with van der Waals surface area (Å²) in [5.41, 5.74) is 0.685. The summed E-state index contributed by atoms with van der Waals surface area (Å²) in [5.74, 6) is 0. The minimum atomic E-state index is 0.0341. The lowest BCUT2D eigenvalue weighted by molar-refractivity contribution is 0.320. The molecule has 3 heteroatoms. The van der Waals surface area contributed by atoms with Crippen molar-refractivity contribution in [1.29, 1.82) is 5.26 Å². The third kappa shape index (κ3) is 1.53. The molecule has 2 rings (SSSR count). The fourth-order valence-electron chi connectivity index (χ4n) is 1.57. The van der Waals surface area contributed by atoms with Crippen LogP contribution in [0.5, 0.6) is 0 Å². The van der Waals surface area contributed by atoms with Crippen LogP contribution in [0.3, 0.4) is 0 Å². The fraction of sp³-hybridized carbons (Fsp3) is 0. The van der Waals surface area contributed by atoms with Crippen LogP contribution in [0.2, 0.25) is 0 Å². The molecule has 1 N–H and O–H groups in total. The van der Waals surface area contributed by atoms with Gasteiger partial charge >= 0.3 is 0 Å². The van der Waals surface area contributed by atoms with Crippen LogP contribution in [0.25, 0.3) is 10.8 Å². The summed E-state index contributed by atoms with van der Waals surface area (Å²) in [7, 11) is 0. The molecule has 0 fully saturated rings. The predicted molar refractivity (Wildman–Crippen MR) is 57.9 cm³/mol. The number of nitriles is 1. The first-order valence-corrected chi connectivity index (χ1v) is 4.47. The van der Waals surface area contributed by atoms with Crippen molar-refractivity contribution in [2.75, 3.05) is 0 Å². The molecule has 0 heterocycles. The maximum Gasteiger partial charge on any atom is 0.187 e. The Morgan fingerprint density at radius 3 is 2.60 bits per heavy atom. The highest BCUT2D eigenvalue weighted by atomic mass is 16.4. The zero-order chi connectivity index (χ0) is 10.7. The Bertz CT molecular complexity index is 562. The molecular formula is C12H8N2O. The monoisotopic (exact) mass is 196 g/mol. The zero-order valence-corrected chi connectivity index (χ0v) is 7.88. The van der Waals surface area contributed by atoms with Gasteiger partial charge in [-0.25, -0.2) is 0 Å². The number of hydrogen-bond acceptors (Lipinski definition) is 3. The van der Waals surface area contributed by atoms with Crippen molar-refractivity contribution in [2.24, 2.45) is 5.16 Å². The Hall–Kier alpha value is -2.34. The average Bonchev–Trinajstić information content (AvgIpc) is 2.31. The first kappa shape index (κ1) is 9.22. The van der Waals surface area contributed by atoms with E-state index in [0.717, 1.165) is 10.8 Å². The van der Waals surface area contributed by atoms with Crippen LogP contribution in [0.4, 0.5) is 0 Å². The van der Waals surface area contributed by atoms with Crippen LogP contribution in [-0.2, 0) is 0 Å². The number of nitrogens with zero attached hydrogens (tertiary/aromatic N) is 2. The molecule has 0 radical (unpaired) electrons. The number of oxime groups is 1. The molecule has 0 aromatic heterocycles. The summed E-state index contributed by atoms with van der Waals surface area (Å²) < 4.78 is 0. The molecule has 3 nitrogen and oxygen atoms in total. The van der Waals surface area contributed by atoms with Crippen LogP contribution in [0.1, 0.15) is 5.56 Å². The number of hydrogen-bond donors (Lipinski definition) is 1. The number of benzene rings is 2. The Balaban J connectivity index is 2.78. The zero-order valence-electron chi connectivity index (χ0n) is 7.88. The molecule has 0 aliphatic carbocycles. The quantitative estimate of drug-likeness (QED) is 0.433. The Labute approximate surface area is 86.9 Å². The molecule has 2 aromatic carbocycles. The van der Waals surface area contributed by atoms with Gasteiger partial charge in [-0.1, -0.05) is 47.6 Å². The Kier molecular flexibility index (Phi) is 2.34. The highest BCUT2D eigenvalue weighted by Crippen LogP contribution is 2.18. The van der Waals surface area contributed by atoms with E-state index in [-0.39, 0.29) is 5.71 Å². The van der Waals surface area contributed by atoms with E-state index in [9.17, 15) is 0 Å². The summed E-state index contributed by atoms with van der Waals surface area (Å²) in [6.45, 7) is 0. The van der Waals surface area contributed by atoms with Crippen LogP contribution in [-0.4, -0.2) is 10.9 Å². The van der Waals surface area contributed by atoms with E-state index in [1.165, 1.54) is 0 Å². The summed E-state index contributed by atoms with van der Waals surface area (Å²) in [4.78, 5) is 0. The molecule has 0 saturated carbocycles. The second-order valence-electron chi connectivity index (χ2n) is 3.09. The van der Waals surface area contributed by atoms with Crippen molar-refractivity contribution >= 4 is 16.5 Å². The molecule has 0 saturated heterocycles. The lowest BCUT2D eigenvalue weighted by Crippen LogP contribution is -1.97. The van der Waals surface area contributed by atoms with Crippen molar-refractivity contribution < 1.29 is 5.21 Å². The van der Waals surface area contributed by atoms with Gasteiger partial charge < -0.3 is 5.21 Å². The highest BCUT2D eigenvalue weighted by Gasteiger charge is 2.06. The van der Waals surface area contributed by atoms with E-state index in [4.69, 9.17) is 10.5 Å². The van der Waals surface area contributed by atoms with Gasteiger partial charge in [-0.05, 0) is 10.8 Å². The smallest absolute Gasteiger partial charge is 0.187 e. The van der Waals surface area contributed by atoms with Gasteiger partial charge in [0.2, 0.25) is 0 Å². The number of fused-ring (bicyclic) bond motifs is 1. The standard InChI is InChI=1S/C12H8N2O/c13-8-12(14-15)11-7-3-5-9-4-1-2-6-10(9)11/h1-7,15H/b14-12-. The van der Waals surface area contributed by atoms with E-state index in [1.54, 1.807) is 6.07 Å². The SMILES string of the molecule is N#C/C(=N/O)c1cccc2ccccc12. The van der Waals surface area contributed by atoms with Gasteiger partial charge in [0.05, 0.1) is 0 Å². The predicted octanol–water partition coefficient (Wildman–Crippen LogP) is 2.54. The first-order chi connectivity index (χ1) is 7.36. The van der Waals surface area contributed by atoms with Crippen LogP contribution in [0.15, 0.2) is 47.6 Å². The van der Waals surface area contributed by atoms with Gasteiger partial charge in [-0.15, -0.1) is 0 Å². The normalized spacial score (nSPS) is 11.3. The topological polar surface area (TPSA) is 56.4 Å². The van der Waals surface area contributed by atoms with E-state index < -0.39 is 0 Å². The molecule has 72 valence electrons. The summed E-state index contributed by atoms with van der Waals surface area (Å²) >= 11 is 0. The average molecular weight is 196 g/mol. The first-order valence-electron chi connectivity index (χ1n) is 4.47. The fourth-order valence-corrected chi connectivity index (χ4v) is 1.57. The number of rotatable bonds is 1. The van der Waals surface area contributed by atoms with Crippen molar-refractivity contribution in [3.8, 4) is 6.07 Å². The summed E-state index contributed by atoms with van der Waals surface area (Å²) in [5, 5.41) is 22.4. The molecule has 0 atom stereocenters. The van der Waals surface area contributed by atoms with E-state index in [1.807, 2.05) is 42.5 Å². The Morgan fingerprint density at radius 1 is 1.13 bits per heavy atom. The van der Waals surface area contributed by atoms with Gasteiger partial charge in [0.15, 0.2) is 5.71 Å². The molecule has 0 aliphatic rings. The molecule has 2 aromatic rings. The van der Waals surface area contributed by atoms with E-state index in [2.05, 4.69) is 5.16 Å². The Morgan fingerprint density at radius 2 is 1.87 bits per heavy atom. The van der Waals surface area contributed by atoms with Crippen molar-refractivity contribution in [2.45, 2.75) is 0 Å². The minimum Gasteiger partial charge on any atom is -0.410 e. The van der Waals surface area contributed by atoms with E-state index in [0.29, 0.717) is 5.56 Å². The van der Waals surface area contributed by atoms with Crippen molar-refractivity contribution in [1.82, 2.24) is 0 Å². The maximum atomic E-state index is 8.80.